The van der Waals surface area contributed by atoms with Crippen molar-refractivity contribution in [2.24, 2.45) is 10.7 Å². The quantitative estimate of drug-likeness (QED) is 0.358. The van der Waals surface area contributed by atoms with E-state index in [1.165, 1.54) is 17.1 Å². The predicted octanol–water partition coefficient (Wildman–Crippen LogP) is 1.23. The van der Waals surface area contributed by atoms with Crippen molar-refractivity contribution in [3.63, 3.8) is 0 Å². The number of ether oxygens (including phenoxy) is 1. The lowest BCUT2D eigenvalue weighted by atomic mass is 10.3. The van der Waals surface area contributed by atoms with E-state index in [1.54, 1.807) is 13.2 Å². The number of methoxy groups -OCH3 is 1. The third-order valence-corrected chi connectivity index (χ3v) is 2.81. The Bertz CT molecular complexity index is 682. The fourth-order valence-electron chi connectivity index (χ4n) is 1.77. The maximum absolute atomic E-state index is 10.5. The maximum Gasteiger partial charge on any atom is 0.306 e. The van der Waals surface area contributed by atoms with E-state index in [1.807, 2.05) is 18.2 Å². The summed E-state index contributed by atoms with van der Waals surface area (Å²) in [7, 11) is 1.57. The molecule has 9 heteroatoms. The highest BCUT2D eigenvalue weighted by Crippen LogP contribution is 2.22. The number of guanidine groups is 1. The first-order valence-corrected chi connectivity index (χ1v) is 6.47. The van der Waals surface area contributed by atoms with Crippen LogP contribution in [-0.4, -0.2) is 34.3 Å². The number of aromatic nitrogens is 2. The van der Waals surface area contributed by atoms with Crippen molar-refractivity contribution in [3.05, 3.63) is 46.8 Å². The van der Waals surface area contributed by atoms with Gasteiger partial charge in [0.25, 0.3) is 0 Å². The second-order valence-electron chi connectivity index (χ2n) is 4.31. The van der Waals surface area contributed by atoms with Crippen LogP contribution >= 0.6 is 0 Å². The Morgan fingerprint density at radius 2 is 2.32 bits per heavy atom. The third kappa shape index (κ3) is 3.95. The fourth-order valence-corrected chi connectivity index (χ4v) is 1.77. The van der Waals surface area contributed by atoms with E-state index < -0.39 is 4.92 Å². The first-order valence-electron chi connectivity index (χ1n) is 6.47. The van der Waals surface area contributed by atoms with E-state index >= 15 is 0 Å². The highest BCUT2D eigenvalue weighted by atomic mass is 16.6. The van der Waals surface area contributed by atoms with Gasteiger partial charge in [0.2, 0.25) is 0 Å². The van der Waals surface area contributed by atoms with Crippen molar-refractivity contribution in [2.45, 2.75) is 6.54 Å². The minimum atomic E-state index is -0.496. The summed E-state index contributed by atoms with van der Waals surface area (Å²) < 4.78 is 6.64. The maximum atomic E-state index is 10.5. The highest BCUT2D eigenvalue weighted by molar-refractivity contribution is 5.93. The van der Waals surface area contributed by atoms with Crippen LogP contribution in [0, 0.1) is 10.1 Å². The van der Waals surface area contributed by atoms with Crippen molar-refractivity contribution < 1.29 is 9.66 Å². The Morgan fingerprint density at radius 3 is 3.00 bits per heavy atom. The van der Waals surface area contributed by atoms with Crippen molar-refractivity contribution >= 4 is 17.3 Å². The monoisotopic (exact) mass is 304 g/mol. The molecular formula is C13H16N6O3. The number of nitro groups is 1. The summed E-state index contributed by atoms with van der Waals surface area (Å²) in [5, 5.41) is 17.3. The molecule has 116 valence electrons. The van der Waals surface area contributed by atoms with Gasteiger partial charge in [-0.2, -0.15) is 5.10 Å². The van der Waals surface area contributed by atoms with Crippen LogP contribution in [0.15, 0.2) is 41.7 Å². The zero-order chi connectivity index (χ0) is 15.9. The average Bonchev–Trinajstić information content (AvgIpc) is 2.97. The summed E-state index contributed by atoms with van der Waals surface area (Å²) in [4.78, 5) is 14.2. The molecule has 22 heavy (non-hydrogen) atoms. The van der Waals surface area contributed by atoms with Crippen LogP contribution in [0.25, 0.3) is 0 Å². The predicted molar refractivity (Wildman–Crippen MR) is 82.0 cm³/mol. The Morgan fingerprint density at radius 1 is 1.55 bits per heavy atom. The summed E-state index contributed by atoms with van der Waals surface area (Å²) in [6.07, 6.45) is 2.54. The zero-order valence-corrected chi connectivity index (χ0v) is 12.0. The lowest BCUT2D eigenvalue weighted by molar-refractivity contribution is -0.385. The van der Waals surface area contributed by atoms with Crippen molar-refractivity contribution in [3.8, 4) is 5.75 Å². The van der Waals surface area contributed by atoms with Crippen LogP contribution in [0.3, 0.4) is 0 Å². The van der Waals surface area contributed by atoms with Gasteiger partial charge in [-0.15, -0.1) is 0 Å². The molecule has 0 amide bonds. The number of nitrogens with zero attached hydrogens (tertiary/aromatic N) is 4. The number of benzene rings is 1. The van der Waals surface area contributed by atoms with Crippen molar-refractivity contribution in [2.75, 3.05) is 19.0 Å². The molecule has 0 spiro atoms. The molecule has 0 fully saturated rings. The van der Waals surface area contributed by atoms with Gasteiger partial charge in [0.15, 0.2) is 5.96 Å². The van der Waals surface area contributed by atoms with Gasteiger partial charge in [-0.25, -0.2) is 0 Å². The summed E-state index contributed by atoms with van der Waals surface area (Å²) in [6.45, 7) is 0.731. The molecular weight excluding hydrogens is 288 g/mol. The summed E-state index contributed by atoms with van der Waals surface area (Å²) in [5.41, 5.74) is 6.45. The first-order chi connectivity index (χ1) is 10.6. The van der Waals surface area contributed by atoms with Crippen LogP contribution < -0.4 is 15.8 Å². The van der Waals surface area contributed by atoms with E-state index in [0.29, 0.717) is 24.5 Å². The lowest BCUT2D eigenvalue weighted by Crippen LogP contribution is -2.23. The second-order valence-corrected chi connectivity index (χ2v) is 4.31. The molecule has 0 atom stereocenters. The summed E-state index contributed by atoms with van der Waals surface area (Å²) >= 11 is 0. The second kappa shape index (κ2) is 7.07. The van der Waals surface area contributed by atoms with Crippen LogP contribution in [0.2, 0.25) is 0 Å². The van der Waals surface area contributed by atoms with Gasteiger partial charge >= 0.3 is 5.69 Å². The normalized spacial score (nSPS) is 11.2. The number of anilines is 1. The topological polar surface area (TPSA) is 121 Å². The van der Waals surface area contributed by atoms with E-state index in [4.69, 9.17) is 10.5 Å². The largest absolute Gasteiger partial charge is 0.495 e. The smallest absolute Gasteiger partial charge is 0.306 e. The minimum Gasteiger partial charge on any atom is -0.495 e. The molecule has 0 radical (unpaired) electrons. The standard InChI is InChI=1S/C13H16N6O3/c1-22-12-5-3-2-4-11(12)17-13(14)15-6-7-18-9-10(8-16-18)19(20)21/h2-5,8-9H,6-7H2,1H3,(H3,14,15,17). The van der Waals surface area contributed by atoms with E-state index in [2.05, 4.69) is 15.4 Å². The Kier molecular flexibility index (Phi) is 4.91. The molecule has 1 aromatic heterocycles. The molecule has 0 unspecified atom stereocenters. The molecule has 0 aliphatic carbocycles. The molecule has 2 rings (SSSR count). The molecule has 0 aliphatic rings. The molecule has 1 heterocycles. The van der Waals surface area contributed by atoms with Gasteiger partial charge in [0.05, 0.1) is 30.8 Å². The number of hydrogen-bond donors (Lipinski definition) is 2. The highest BCUT2D eigenvalue weighted by Gasteiger charge is 2.08. The van der Waals surface area contributed by atoms with Gasteiger partial charge in [-0.1, -0.05) is 12.1 Å². The average molecular weight is 304 g/mol. The molecule has 0 saturated heterocycles. The molecule has 3 N–H and O–H groups in total. The van der Waals surface area contributed by atoms with Gasteiger partial charge < -0.3 is 15.8 Å². The number of rotatable bonds is 6. The number of para-hydroxylation sites is 2. The van der Waals surface area contributed by atoms with Gasteiger partial charge in [0.1, 0.15) is 18.1 Å². The van der Waals surface area contributed by atoms with Gasteiger partial charge in [-0.05, 0) is 12.1 Å². The number of nitrogens with two attached hydrogens (primary N) is 1. The Balaban J connectivity index is 1.91. The minimum absolute atomic E-state index is 0.0518. The lowest BCUT2D eigenvalue weighted by Gasteiger charge is -2.10. The molecule has 0 bridgehead atoms. The van der Waals surface area contributed by atoms with Crippen LogP contribution in [-0.2, 0) is 6.54 Å². The number of hydrogen-bond acceptors (Lipinski definition) is 5. The molecule has 9 nitrogen and oxygen atoms in total. The molecule has 0 aliphatic heterocycles. The van der Waals surface area contributed by atoms with Crippen molar-refractivity contribution in [1.82, 2.24) is 9.78 Å². The van der Waals surface area contributed by atoms with Gasteiger partial charge in [0, 0.05) is 0 Å². The third-order valence-electron chi connectivity index (χ3n) is 2.81. The SMILES string of the molecule is COc1ccccc1NC(N)=NCCn1cc([N+](=O)[O-])cn1. The summed E-state index contributed by atoms with van der Waals surface area (Å²) in [6, 6.07) is 7.32. The van der Waals surface area contributed by atoms with Gasteiger partial charge in [-0.3, -0.25) is 19.8 Å². The van der Waals surface area contributed by atoms with E-state index in [9.17, 15) is 10.1 Å². The molecule has 2 aromatic rings. The van der Waals surface area contributed by atoms with E-state index in [-0.39, 0.29) is 11.6 Å². The van der Waals surface area contributed by atoms with E-state index in [0.717, 1.165) is 0 Å². The fraction of sp³-hybridized carbons (Fsp3) is 0.231. The van der Waals surface area contributed by atoms with Crippen LogP contribution in [0.5, 0.6) is 5.75 Å². The summed E-state index contributed by atoms with van der Waals surface area (Å²) in [5.74, 6) is 0.884. The first kappa shape index (κ1) is 15.3. The zero-order valence-electron chi connectivity index (χ0n) is 12.0. The Labute approximate surface area is 126 Å². The van der Waals surface area contributed by atoms with Crippen LogP contribution in [0.1, 0.15) is 0 Å². The molecule has 0 saturated carbocycles. The Hall–Kier alpha value is -3.10. The number of nitrogens with one attached hydrogen (secondary N) is 1. The van der Waals surface area contributed by atoms with Crippen LogP contribution in [0.4, 0.5) is 11.4 Å². The number of aliphatic imine (C=N–C) groups is 1. The van der Waals surface area contributed by atoms with Crippen molar-refractivity contribution in [1.29, 1.82) is 0 Å². The molecule has 1 aromatic carbocycles.